The lowest BCUT2D eigenvalue weighted by Gasteiger charge is -2.26. The van der Waals surface area contributed by atoms with Gasteiger partial charge in [0.1, 0.15) is 0 Å². The molecule has 0 rings (SSSR count). The second-order valence-corrected chi connectivity index (χ2v) is 10.1. The third kappa shape index (κ3) is 19.4. The van der Waals surface area contributed by atoms with Gasteiger partial charge in [0.05, 0.1) is 25.6 Å². The number of hydrogen-bond donors (Lipinski definition) is 0. The highest BCUT2D eigenvalue weighted by Gasteiger charge is 2.28. The van der Waals surface area contributed by atoms with Crippen LogP contribution >= 0.6 is 0 Å². The fraction of sp³-hybridized carbons (Fsp3) is 0.926. The van der Waals surface area contributed by atoms with Crippen LogP contribution in [-0.2, 0) is 19.1 Å². The van der Waals surface area contributed by atoms with Crippen LogP contribution in [0.25, 0.3) is 0 Å². The maximum absolute atomic E-state index is 12.3. The average Bonchev–Trinajstić information content (AvgIpc) is 2.70. The number of unbranched alkanes of at least 4 members (excludes halogenated alkanes) is 12. The monoisotopic (exact) mass is 440 g/mol. The third-order valence-corrected chi connectivity index (χ3v) is 5.89. The zero-order valence-corrected chi connectivity index (χ0v) is 21.4. The zero-order valence-electron chi connectivity index (χ0n) is 21.4. The van der Waals surface area contributed by atoms with Gasteiger partial charge in [0.15, 0.2) is 0 Å². The molecule has 0 spiro atoms. The molecule has 0 aromatic rings. The topological polar surface area (TPSA) is 52.6 Å². The Bertz CT molecular complexity index is 445. The summed E-state index contributed by atoms with van der Waals surface area (Å²) in [6.07, 6.45) is 17.9. The molecule has 0 fully saturated rings. The van der Waals surface area contributed by atoms with Crippen molar-refractivity contribution in [1.29, 1.82) is 0 Å². The summed E-state index contributed by atoms with van der Waals surface area (Å²) in [7, 11) is 0. The molecule has 0 saturated carbocycles. The van der Waals surface area contributed by atoms with Gasteiger partial charge in [-0.05, 0) is 24.7 Å². The van der Waals surface area contributed by atoms with Crippen molar-refractivity contribution in [2.75, 3.05) is 13.2 Å². The van der Waals surface area contributed by atoms with E-state index in [0.29, 0.717) is 26.1 Å². The lowest BCUT2D eigenvalue weighted by Crippen LogP contribution is -2.26. The maximum Gasteiger partial charge on any atom is 0.308 e. The SMILES string of the molecule is CCCCCCCCCCOC(=O)C(C)CC(C)(C)CC(=O)OCCCCCCCC. The van der Waals surface area contributed by atoms with E-state index in [9.17, 15) is 9.59 Å². The molecule has 0 N–H and O–H groups in total. The summed E-state index contributed by atoms with van der Waals surface area (Å²) in [5.74, 6) is -0.495. The van der Waals surface area contributed by atoms with E-state index < -0.39 is 0 Å². The number of esters is 2. The quantitative estimate of drug-likeness (QED) is 0.134. The van der Waals surface area contributed by atoms with Gasteiger partial charge in [-0.2, -0.15) is 0 Å². The van der Waals surface area contributed by atoms with E-state index in [1.54, 1.807) is 0 Å². The Morgan fingerprint density at radius 1 is 0.677 bits per heavy atom. The fourth-order valence-corrected chi connectivity index (χ4v) is 4.05. The number of carbonyl (C=O) groups excluding carboxylic acids is 2. The molecule has 184 valence electrons. The van der Waals surface area contributed by atoms with Crippen LogP contribution in [0.1, 0.15) is 137 Å². The summed E-state index contributed by atoms with van der Waals surface area (Å²) < 4.78 is 10.9. The van der Waals surface area contributed by atoms with Crippen molar-refractivity contribution in [3.63, 3.8) is 0 Å². The first-order valence-corrected chi connectivity index (χ1v) is 13.1. The van der Waals surface area contributed by atoms with E-state index >= 15 is 0 Å². The van der Waals surface area contributed by atoms with Gasteiger partial charge in [-0.25, -0.2) is 0 Å². The first-order chi connectivity index (χ1) is 14.8. The van der Waals surface area contributed by atoms with Crippen LogP contribution in [0.5, 0.6) is 0 Å². The number of ether oxygens (including phenoxy) is 2. The highest BCUT2D eigenvalue weighted by molar-refractivity contribution is 5.73. The molecule has 0 amide bonds. The zero-order chi connectivity index (χ0) is 23.4. The predicted octanol–water partition coefficient (Wildman–Crippen LogP) is 8.02. The molecular weight excluding hydrogens is 388 g/mol. The van der Waals surface area contributed by atoms with Gasteiger partial charge in [-0.15, -0.1) is 0 Å². The van der Waals surface area contributed by atoms with E-state index in [1.807, 2.05) is 20.8 Å². The Morgan fingerprint density at radius 2 is 1.10 bits per heavy atom. The van der Waals surface area contributed by atoms with Gasteiger partial charge in [0.2, 0.25) is 0 Å². The van der Waals surface area contributed by atoms with Crippen molar-refractivity contribution in [1.82, 2.24) is 0 Å². The Labute approximate surface area is 193 Å². The molecular formula is C27H52O4. The van der Waals surface area contributed by atoms with Crippen molar-refractivity contribution in [2.24, 2.45) is 11.3 Å². The lowest BCUT2D eigenvalue weighted by atomic mass is 9.80. The normalized spacial score (nSPS) is 12.5. The van der Waals surface area contributed by atoms with Gasteiger partial charge in [0, 0.05) is 0 Å². The molecule has 0 saturated heterocycles. The average molecular weight is 441 g/mol. The second-order valence-electron chi connectivity index (χ2n) is 10.1. The largest absolute Gasteiger partial charge is 0.466 e. The molecule has 0 radical (unpaired) electrons. The molecule has 0 aliphatic carbocycles. The Balaban J connectivity index is 3.85. The van der Waals surface area contributed by atoms with E-state index in [4.69, 9.17) is 9.47 Å². The van der Waals surface area contributed by atoms with Crippen LogP contribution in [0.2, 0.25) is 0 Å². The standard InChI is InChI=1S/C27H52O4/c1-6-8-10-12-14-15-17-19-21-31-26(29)24(3)22-27(4,5)23-25(28)30-20-18-16-13-11-9-7-2/h24H,6-23H2,1-5H3. The summed E-state index contributed by atoms with van der Waals surface area (Å²) in [6.45, 7) is 11.4. The molecule has 0 aliphatic rings. The summed E-state index contributed by atoms with van der Waals surface area (Å²) in [4.78, 5) is 24.5. The number of hydrogen-bond acceptors (Lipinski definition) is 4. The number of rotatable bonds is 21. The molecule has 0 heterocycles. The third-order valence-electron chi connectivity index (χ3n) is 5.89. The van der Waals surface area contributed by atoms with Gasteiger partial charge >= 0.3 is 11.9 Å². The van der Waals surface area contributed by atoms with Crippen LogP contribution in [0.15, 0.2) is 0 Å². The van der Waals surface area contributed by atoms with Crippen LogP contribution < -0.4 is 0 Å². The van der Waals surface area contributed by atoms with Crippen molar-refractivity contribution in [3.05, 3.63) is 0 Å². The smallest absolute Gasteiger partial charge is 0.308 e. The Kier molecular flexibility index (Phi) is 18.9. The van der Waals surface area contributed by atoms with E-state index in [1.165, 1.54) is 64.2 Å². The van der Waals surface area contributed by atoms with Crippen molar-refractivity contribution in [3.8, 4) is 0 Å². The summed E-state index contributed by atoms with van der Waals surface area (Å²) in [5.41, 5.74) is -0.269. The van der Waals surface area contributed by atoms with Crippen LogP contribution in [0.4, 0.5) is 0 Å². The molecule has 0 bridgehead atoms. The van der Waals surface area contributed by atoms with E-state index in [2.05, 4.69) is 13.8 Å². The molecule has 4 heteroatoms. The molecule has 0 aromatic carbocycles. The molecule has 1 atom stereocenters. The van der Waals surface area contributed by atoms with Crippen molar-refractivity contribution in [2.45, 2.75) is 137 Å². The van der Waals surface area contributed by atoms with Crippen LogP contribution in [0, 0.1) is 11.3 Å². The Hall–Kier alpha value is -1.06. The van der Waals surface area contributed by atoms with Gasteiger partial charge in [-0.3, -0.25) is 9.59 Å². The van der Waals surface area contributed by atoms with E-state index in [0.717, 1.165) is 25.7 Å². The fourth-order valence-electron chi connectivity index (χ4n) is 4.05. The molecule has 31 heavy (non-hydrogen) atoms. The highest BCUT2D eigenvalue weighted by Crippen LogP contribution is 2.30. The lowest BCUT2D eigenvalue weighted by molar-refractivity contribution is -0.151. The summed E-state index contributed by atoms with van der Waals surface area (Å²) in [5, 5.41) is 0. The predicted molar refractivity (Wildman–Crippen MR) is 130 cm³/mol. The maximum atomic E-state index is 12.3. The first kappa shape index (κ1) is 29.9. The van der Waals surface area contributed by atoms with Crippen LogP contribution in [-0.4, -0.2) is 25.2 Å². The Morgan fingerprint density at radius 3 is 1.58 bits per heavy atom. The number of carbonyl (C=O) groups is 2. The van der Waals surface area contributed by atoms with Crippen LogP contribution in [0.3, 0.4) is 0 Å². The molecule has 1 unspecified atom stereocenters. The van der Waals surface area contributed by atoms with Gasteiger partial charge < -0.3 is 9.47 Å². The minimum Gasteiger partial charge on any atom is -0.466 e. The second kappa shape index (κ2) is 19.6. The van der Waals surface area contributed by atoms with Crippen molar-refractivity contribution >= 4 is 11.9 Å². The van der Waals surface area contributed by atoms with E-state index in [-0.39, 0.29) is 23.3 Å². The highest BCUT2D eigenvalue weighted by atomic mass is 16.5. The molecule has 4 nitrogen and oxygen atoms in total. The minimum absolute atomic E-state index is 0.142. The minimum atomic E-state index is -0.269. The van der Waals surface area contributed by atoms with Gasteiger partial charge in [-0.1, -0.05) is 112 Å². The van der Waals surface area contributed by atoms with Gasteiger partial charge in [0.25, 0.3) is 0 Å². The first-order valence-electron chi connectivity index (χ1n) is 13.1. The van der Waals surface area contributed by atoms with Crippen molar-refractivity contribution < 1.29 is 19.1 Å². The summed E-state index contributed by atoms with van der Waals surface area (Å²) >= 11 is 0. The molecule has 0 aliphatic heterocycles. The molecule has 0 aromatic heterocycles. The summed E-state index contributed by atoms with van der Waals surface area (Å²) in [6, 6.07) is 0.